The quantitative estimate of drug-likeness (QED) is 0.843. The van der Waals surface area contributed by atoms with Gasteiger partial charge in [-0.05, 0) is 48.7 Å². The summed E-state index contributed by atoms with van der Waals surface area (Å²) >= 11 is 6.18. The standard InChI is InChI=1S/C17H19ClFN3O2S/c1-11-6-7-22(10-11)17-8-12(19)2-4-16(17)21-15-5-3-13(9-14(15)18)25(20,23)24/h2-5,8-9,11,21H,6-7,10H2,1H3,(H2,20,23,24). The van der Waals surface area contributed by atoms with Gasteiger partial charge in [-0.25, -0.2) is 17.9 Å². The monoisotopic (exact) mass is 383 g/mol. The Morgan fingerprint density at radius 1 is 1.24 bits per heavy atom. The molecule has 1 heterocycles. The van der Waals surface area contributed by atoms with Gasteiger partial charge < -0.3 is 10.2 Å². The zero-order valence-electron chi connectivity index (χ0n) is 13.7. The first-order chi connectivity index (χ1) is 11.7. The van der Waals surface area contributed by atoms with Crippen LogP contribution in [-0.4, -0.2) is 21.5 Å². The van der Waals surface area contributed by atoms with Crippen molar-refractivity contribution in [3.63, 3.8) is 0 Å². The molecule has 25 heavy (non-hydrogen) atoms. The van der Waals surface area contributed by atoms with Gasteiger partial charge in [0.25, 0.3) is 0 Å². The van der Waals surface area contributed by atoms with Gasteiger partial charge in [0.1, 0.15) is 5.82 Å². The van der Waals surface area contributed by atoms with Crippen molar-refractivity contribution in [1.82, 2.24) is 0 Å². The Labute approximate surface area is 151 Å². The zero-order chi connectivity index (χ0) is 18.2. The van der Waals surface area contributed by atoms with Crippen LogP contribution in [0.25, 0.3) is 0 Å². The summed E-state index contributed by atoms with van der Waals surface area (Å²) in [5.41, 5.74) is 1.99. The van der Waals surface area contributed by atoms with Crippen molar-refractivity contribution in [2.45, 2.75) is 18.2 Å². The molecule has 1 saturated heterocycles. The van der Waals surface area contributed by atoms with Gasteiger partial charge in [-0.2, -0.15) is 0 Å². The Balaban J connectivity index is 1.93. The Bertz CT molecular complexity index is 905. The molecule has 1 aliphatic rings. The number of hydrogen-bond donors (Lipinski definition) is 2. The van der Waals surface area contributed by atoms with Crippen molar-refractivity contribution in [3.8, 4) is 0 Å². The topological polar surface area (TPSA) is 75.4 Å². The van der Waals surface area contributed by atoms with E-state index in [9.17, 15) is 12.8 Å². The number of nitrogens with one attached hydrogen (secondary N) is 1. The third kappa shape index (κ3) is 4.05. The van der Waals surface area contributed by atoms with Crippen LogP contribution in [-0.2, 0) is 10.0 Å². The minimum atomic E-state index is -3.82. The lowest BCUT2D eigenvalue weighted by molar-refractivity contribution is 0.598. The normalized spacial score (nSPS) is 17.8. The number of anilines is 3. The fourth-order valence-electron chi connectivity index (χ4n) is 2.95. The Hall–Kier alpha value is -1.83. The maximum absolute atomic E-state index is 13.7. The molecule has 134 valence electrons. The minimum absolute atomic E-state index is 0.0595. The van der Waals surface area contributed by atoms with E-state index in [1.807, 2.05) is 0 Å². The second-order valence-electron chi connectivity index (χ2n) is 6.31. The van der Waals surface area contributed by atoms with Crippen LogP contribution < -0.4 is 15.4 Å². The van der Waals surface area contributed by atoms with E-state index in [1.54, 1.807) is 12.1 Å². The molecule has 0 saturated carbocycles. The zero-order valence-corrected chi connectivity index (χ0v) is 15.2. The summed E-state index contributed by atoms with van der Waals surface area (Å²) < 4.78 is 36.5. The van der Waals surface area contributed by atoms with Crippen LogP contribution in [0.4, 0.5) is 21.5 Å². The van der Waals surface area contributed by atoms with Gasteiger partial charge in [-0.15, -0.1) is 0 Å². The number of halogens is 2. The highest BCUT2D eigenvalue weighted by Gasteiger charge is 2.22. The first-order valence-corrected chi connectivity index (χ1v) is 9.80. The van der Waals surface area contributed by atoms with Crippen molar-refractivity contribution in [3.05, 3.63) is 47.2 Å². The lowest BCUT2D eigenvalue weighted by Crippen LogP contribution is -2.20. The van der Waals surface area contributed by atoms with Crippen LogP contribution in [0, 0.1) is 11.7 Å². The van der Waals surface area contributed by atoms with Gasteiger partial charge in [-0.1, -0.05) is 18.5 Å². The van der Waals surface area contributed by atoms with Crippen LogP contribution in [0.1, 0.15) is 13.3 Å². The van der Waals surface area contributed by atoms with Gasteiger partial charge in [0.2, 0.25) is 10.0 Å². The number of benzene rings is 2. The summed E-state index contributed by atoms with van der Waals surface area (Å²) in [6.45, 7) is 3.88. The smallest absolute Gasteiger partial charge is 0.238 e. The molecule has 3 rings (SSSR count). The van der Waals surface area contributed by atoms with Gasteiger partial charge in [0.05, 0.1) is 27.0 Å². The maximum atomic E-state index is 13.7. The average Bonchev–Trinajstić information content (AvgIpc) is 2.96. The second-order valence-corrected chi connectivity index (χ2v) is 8.28. The predicted molar refractivity (Wildman–Crippen MR) is 98.5 cm³/mol. The van der Waals surface area contributed by atoms with Crippen molar-refractivity contribution in [2.75, 3.05) is 23.3 Å². The summed E-state index contributed by atoms with van der Waals surface area (Å²) in [6, 6.07) is 8.73. The van der Waals surface area contributed by atoms with Gasteiger partial charge in [-0.3, -0.25) is 0 Å². The highest BCUT2D eigenvalue weighted by atomic mass is 35.5. The number of nitrogens with zero attached hydrogens (tertiary/aromatic N) is 1. The van der Waals surface area contributed by atoms with Crippen LogP contribution in [0.2, 0.25) is 5.02 Å². The van der Waals surface area contributed by atoms with Crippen LogP contribution >= 0.6 is 11.6 Å². The van der Waals surface area contributed by atoms with Gasteiger partial charge in [0, 0.05) is 13.1 Å². The molecule has 5 nitrogen and oxygen atoms in total. The molecule has 0 bridgehead atoms. The van der Waals surface area contributed by atoms with Crippen molar-refractivity contribution in [2.24, 2.45) is 11.1 Å². The molecule has 0 amide bonds. The van der Waals surface area contributed by atoms with Crippen molar-refractivity contribution < 1.29 is 12.8 Å². The molecule has 2 aromatic carbocycles. The molecule has 1 aliphatic heterocycles. The van der Waals surface area contributed by atoms with Crippen molar-refractivity contribution in [1.29, 1.82) is 0 Å². The molecule has 1 atom stereocenters. The molecule has 1 unspecified atom stereocenters. The highest BCUT2D eigenvalue weighted by Crippen LogP contribution is 2.35. The first kappa shape index (κ1) is 18.0. The Kier molecular flexibility index (Phi) is 4.90. The van der Waals surface area contributed by atoms with E-state index in [2.05, 4.69) is 17.1 Å². The fourth-order valence-corrected chi connectivity index (χ4v) is 3.78. The van der Waals surface area contributed by atoms with E-state index in [-0.39, 0.29) is 15.7 Å². The van der Waals surface area contributed by atoms with E-state index >= 15 is 0 Å². The molecular formula is C17H19ClFN3O2S. The lowest BCUT2D eigenvalue weighted by atomic mass is 10.2. The molecule has 0 radical (unpaired) electrons. The molecule has 0 spiro atoms. The van der Waals surface area contributed by atoms with E-state index in [4.69, 9.17) is 16.7 Å². The number of nitrogens with two attached hydrogens (primary N) is 1. The van der Waals surface area contributed by atoms with Crippen LogP contribution in [0.3, 0.4) is 0 Å². The molecule has 1 fully saturated rings. The van der Waals surface area contributed by atoms with Gasteiger partial charge in [0.15, 0.2) is 0 Å². The molecule has 2 aromatic rings. The summed E-state index contributed by atoms with van der Waals surface area (Å²) in [7, 11) is -3.82. The van der Waals surface area contributed by atoms with E-state index in [0.29, 0.717) is 17.3 Å². The summed E-state index contributed by atoms with van der Waals surface area (Å²) in [6.07, 6.45) is 1.06. The largest absolute Gasteiger partial charge is 0.369 e. The Morgan fingerprint density at radius 2 is 1.96 bits per heavy atom. The summed E-state index contributed by atoms with van der Waals surface area (Å²) in [4.78, 5) is 2.07. The lowest BCUT2D eigenvalue weighted by Gasteiger charge is -2.23. The van der Waals surface area contributed by atoms with Crippen LogP contribution in [0.15, 0.2) is 41.3 Å². The highest BCUT2D eigenvalue weighted by molar-refractivity contribution is 7.89. The molecule has 0 aliphatic carbocycles. The summed E-state index contributed by atoms with van der Waals surface area (Å²) in [5, 5.41) is 8.49. The second kappa shape index (κ2) is 6.82. The number of sulfonamides is 1. The molecule has 0 aromatic heterocycles. The number of primary sulfonamides is 1. The first-order valence-electron chi connectivity index (χ1n) is 7.88. The minimum Gasteiger partial charge on any atom is -0.369 e. The number of hydrogen-bond acceptors (Lipinski definition) is 4. The fraction of sp³-hybridized carbons (Fsp3) is 0.294. The predicted octanol–water partition coefficient (Wildman–Crippen LogP) is 3.72. The Morgan fingerprint density at radius 3 is 2.56 bits per heavy atom. The average molecular weight is 384 g/mol. The summed E-state index contributed by atoms with van der Waals surface area (Å²) in [5.74, 6) is 0.240. The van der Waals surface area contributed by atoms with E-state index < -0.39 is 10.0 Å². The maximum Gasteiger partial charge on any atom is 0.238 e. The number of rotatable bonds is 4. The van der Waals surface area contributed by atoms with Crippen molar-refractivity contribution >= 4 is 38.7 Å². The molecule has 8 heteroatoms. The SMILES string of the molecule is CC1CCN(c2cc(F)ccc2Nc2ccc(S(N)(=O)=O)cc2Cl)C1. The molecule has 3 N–H and O–H groups in total. The van der Waals surface area contributed by atoms with E-state index in [1.165, 1.54) is 24.3 Å². The van der Waals surface area contributed by atoms with E-state index in [0.717, 1.165) is 25.2 Å². The third-order valence-electron chi connectivity index (χ3n) is 4.26. The van der Waals surface area contributed by atoms with Gasteiger partial charge >= 0.3 is 0 Å². The van der Waals surface area contributed by atoms with Crippen LogP contribution in [0.5, 0.6) is 0 Å². The third-order valence-corrected chi connectivity index (χ3v) is 5.49. The molecular weight excluding hydrogens is 365 g/mol.